The van der Waals surface area contributed by atoms with Crippen LogP contribution in [-0.2, 0) is 4.79 Å². The Morgan fingerprint density at radius 1 is 1.27 bits per heavy atom. The number of carbonyl (C=O) groups excluding carboxylic acids is 1. The minimum absolute atomic E-state index is 0.410. The number of Topliss-reactive ketones (excluding diaryl/α,β-unsaturated/α-hetero) is 1. The third kappa shape index (κ3) is 3.94. The van der Waals surface area contributed by atoms with Crippen LogP contribution in [0, 0.1) is 0 Å². The molecule has 0 aromatic rings. The predicted octanol–water partition coefficient (Wildman–Crippen LogP) is 3.01. The third-order valence-electron chi connectivity index (χ3n) is 3.64. The highest BCUT2D eigenvalue weighted by Gasteiger charge is 2.23. The summed E-state index contributed by atoms with van der Waals surface area (Å²) in [5.41, 5.74) is 0. The molecule has 0 unspecified atom stereocenters. The van der Waals surface area contributed by atoms with Gasteiger partial charge in [-0.2, -0.15) is 0 Å². The molecule has 1 rings (SSSR count). The molecule has 1 aliphatic heterocycles. The maximum atomic E-state index is 11.2. The van der Waals surface area contributed by atoms with Crippen LogP contribution in [0.15, 0.2) is 0 Å². The van der Waals surface area contributed by atoms with Crippen molar-refractivity contribution in [3.63, 3.8) is 0 Å². The van der Waals surface area contributed by atoms with Crippen molar-refractivity contribution in [1.29, 1.82) is 0 Å². The summed E-state index contributed by atoms with van der Waals surface area (Å²) in [6, 6.07) is 1.43. The van der Waals surface area contributed by atoms with Crippen LogP contribution < -0.4 is 0 Å². The second-order valence-corrected chi connectivity index (χ2v) is 4.86. The summed E-state index contributed by atoms with van der Waals surface area (Å²) in [5, 5.41) is 0. The van der Waals surface area contributed by atoms with E-state index in [-0.39, 0.29) is 0 Å². The zero-order valence-corrected chi connectivity index (χ0v) is 10.5. The van der Waals surface area contributed by atoms with E-state index in [0.29, 0.717) is 24.3 Å². The fourth-order valence-electron chi connectivity index (χ4n) is 2.55. The lowest BCUT2D eigenvalue weighted by Gasteiger charge is -2.39. The summed E-state index contributed by atoms with van der Waals surface area (Å²) in [6.07, 6.45) is 6.53. The van der Waals surface area contributed by atoms with Gasteiger partial charge in [0, 0.05) is 24.9 Å². The van der Waals surface area contributed by atoms with E-state index in [2.05, 4.69) is 18.7 Å². The van der Waals surface area contributed by atoms with E-state index < -0.39 is 0 Å². The molecule has 2 atom stereocenters. The highest BCUT2D eigenvalue weighted by Crippen LogP contribution is 2.22. The summed E-state index contributed by atoms with van der Waals surface area (Å²) in [6.45, 7) is 7.69. The number of piperidine rings is 1. The van der Waals surface area contributed by atoms with Gasteiger partial charge in [-0.15, -0.1) is 0 Å². The smallest absolute Gasteiger partial charge is 0.132 e. The summed E-state index contributed by atoms with van der Waals surface area (Å²) < 4.78 is 0. The summed E-state index contributed by atoms with van der Waals surface area (Å²) in [5.74, 6) is 0.410. The monoisotopic (exact) mass is 211 g/mol. The maximum absolute atomic E-state index is 11.2. The van der Waals surface area contributed by atoms with Gasteiger partial charge in [0.1, 0.15) is 5.78 Å². The van der Waals surface area contributed by atoms with Gasteiger partial charge in [0.05, 0.1) is 0 Å². The maximum Gasteiger partial charge on any atom is 0.132 e. The van der Waals surface area contributed by atoms with E-state index in [9.17, 15) is 4.79 Å². The summed E-state index contributed by atoms with van der Waals surface area (Å²) in [7, 11) is 0. The Morgan fingerprint density at radius 2 is 1.87 bits per heavy atom. The molecule has 0 N–H and O–H groups in total. The molecule has 2 heteroatoms. The lowest BCUT2D eigenvalue weighted by molar-refractivity contribution is -0.119. The van der Waals surface area contributed by atoms with Gasteiger partial charge in [0.25, 0.3) is 0 Å². The number of hydrogen-bond acceptors (Lipinski definition) is 2. The lowest BCUT2D eigenvalue weighted by atomic mass is 9.97. The van der Waals surface area contributed by atoms with E-state index in [1.807, 2.05) is 6.92 Å². The van der Waals surface area contributed by atoms with Crippen molar-refractivity contribution in [1.82, 2.24) is 4.90 Å². The molecule has 0 aliphatic carbocycles. The zero-order chi connectivity index (χ0) is 11.3. The first kappa shape index (κ1) is 12.7. The van der Waals surface area contributed by atoms with Crippen LogP contribution in [0.25, 0.3) is 0 Å². The molecule has 88 valence electrons. The molecular formula is C13H25NO. The Hall–Kier alpha value is -0.370. The van der Waals surface area contributed by atoms with Gasteiger partial charge in [-0.3, -0.25) is 9.69 Å². The van der Waals surface area contributed by atoms with Crippen LogP contribution in [0.1, 0.15) is 59.3 Å². The highest BCUT2D eigenvalue weighted by molar-refractivity contribution is 5.77. The fraction of sp³-hybridized carbons (Fsp3) is 0.923. The molecule has 0 radical (unpaired) electrons. The predicted molar refractivity (Wildman–Crippen MR) is 64.0 cm³/mol. The van der Waals surface area contributed by atoms with Gasteiger partial charge < -0.3 is 0 Å². The van der Waals surface area contributed by atoms with Gasteiger partial charge in [0.15, 0.2) is 0 Å². The first-order chi connectivity index (χ1) is 7.15. The summed E-state index contributed by atoms with van der Waals surface area (Å²) >= 11 is 0. The standard InChI is InChI=1S/C13H25NO/c1-4-13(15)9-6-10-14-11(2)7-5-8-12(14)3/h11-12H,4-10H2,1-3H3/t11-,12+. The highest BCUT2D eigenvalue weighted by atomic mass is 16.1. The normalized spacial score (nSPS) is 27.9. The molecular weight excluding hydrogens is 186 g/mol. The van der Waals surface area contributed by atoms with Crippen molar-refractivity contribution in [2.45, 2.75) is 71.4 Å². The molecule has 0 aromatic carbocycles. The van der Waals surface area contributed by atoms with Crippen molar-refractivity contribution < 1.29 is 4.79 Å². The second-order valence-electron chi connectivity index (χ2n) is 4.86. The first-order valence-electron chi connectivity index (χ1n) is 6.42. The van der Waals surface area contributed by atoms with Crippen molar-refractivity contribution in [3.05, 3.63) is 0 Å². The molecule has 0 bridgehead atoms. The lowest BCUT2D eigenvalue weighted by Crippen LogP contribution is -2.44. The molecule has 0 spiro atoms. The van der Waals surface area contributed by atoms with Gasteiger partial charge >= 0.3 is 0 Å². The van der Waals surface area contributed by atoms with Gasteiger partial charge in [-0.05, 0) is 39.7 Å². The zero-order valence-electron chi connectivity index (χ0n) is 10.5. The molecule has 2 nitrogen and oxygen atoms in total. The number of hydrogen-bond donors (Lipinski definition) is 0. The quantitative estimate of drug-likeness (QED) is 0.696. The first-order valence-corrected chi connectivity index (χ1v) is 6.42. The molecule has 1 aliphatic rings. The minimum Gasteiger partial charge on any atom is -0.300 e. The third-order valence-corrected chi connectivity index (χ3v) is 3.64. The minimum atomic E-state index is 0.410. The van der Waals surface area contributed by atoms with E-state index in [0.717, 1.165) is 19.4 Å². The van der Waals surface area contributed by atoms with E-state index in [1.54, 1.807) is 0 Å². The number of rotatable bonds is 5. The average molecular weight is 211 g/mol. The van der Waals surface area contributed by atoms with Gasteiger partial charge in [-0.25, -0.2) is 0 Å². The van der Waals surface area contributed by atoms with Crippen LogP contribution in [0.5, 0.6) is 0 Å². The van der Waals surface area contributed by atoms with Gasteiger partial charge in [0.2, 0.25) is 0 Å². The second kappa shape index (κ2) is 6.26. The van der Waals surface area contributed by atoms with Crippen molar-refractivity contribution >= 4 is 5.78 Å². The Labute approximate surface area is 94.0 Å². The van der Waals surface area contributed by atoms with Crippen LogP contribution in [0.3, 0.4) is 0 Å². The van der Waals surface area contributed by atoms with Crippen LogP contribution in [0.4, 0.5) is 0 Å². The molecule has 1 fully saturated rings. The SMILES string of the molecule is CCC(=O)CCCN1[C@H](C)CCC[C@@H]1C. The Balaban J connectivity index is 2.26. The van der Waals surface area contributed by atoms with E-state index in [4.69, 9.17) is 0 Å². The molecule has 0 saturated carbocycles. The largest absolute Gasteiger partial charge is 0.300 e. The van der Waals surface area contributed by atoms with Gasteiger partial charge in [-0.1, -0.05) is 13.3 Å². The van der Waals surface area contributed by atoms with Crippen molar-refractivity contribution in [2.75, 3.05) is 6.54 Å². The number of nitrogens with zero attached hydrogens (tertiary/aromatic N) is 1. The Kier molecular flexibility index (Phi) is 5.30. The number of likely N-dealkylation sites (tertiary alicyclic amines) is 1. The Morgan fingerprint density at radius 3 is 2.40 bits per heavy atom. The molecule has 0 amide bonds. The fourth-order valence-corrected chi connectivity index (χ4v) is 2.55. The molecule has 0 aromatic heterocycles. The topological polar surface area (TPSA) is 20.3 Å². The van der Waals surface area contributed by atoms with E-state index in [1.165, 1.54) is 19.3 Å². The van der Waals surface area contributed by atoms with Crippen molar-refractivity contribution in [3.8, 4) is 0 Å². The average Bonchev–Trinajstić information content (AvgIpc) is 2.22. The molecule has 1 heterocycles. The van der Waals surface area contributed by atoms with E-state index >= 15 is 0 Å². The molecule has 15 heavy (non-hydrogen) atoms. The number of carbonyl (C=O) groups is 1. The molecule has 1 saturated heterocycles. The van der Waals surface area contributed by atoms with Crippen LogP contribution in [-0.4, -0.2) is 29.3 Å². The summed E-state index contributed by atoms with van der Waals surface area (Å²) in [4.78, 5) is 13.8. The number of ketones is 1. The van der Waals surface area contributed by atoms with Crippen molar-refractivity contribution in [2.24, 2.45) is 0 Å². The van der Waals surface area contributed by atoms with Crippen LogP contribution in [0.2, 0.25) is 0 Å². The van der Waals surface area contributed by atoms with Crippen LogP contribution >= 0.6 is 0 Å². The Bertz CT molecular complexity index is 193.